The van der Waals surface area contributed by atoms with Gasteiger partial charge in [0.1, 0.15) is 19.0 Å². The van der Waals surface area contributed by atoms with Gasteiger partial charge < -0.3 is 19.5 Å². The Morgan fingerprint density at radius 2 is 1.53 bits per heavy atom. The molecule has 2 aliphatic heterocycles. The molecule has 1 N–H and O–H groups in total. The zero-order chi connectivity index (χ0) is 22.1. The second kappa shape index (κ2) is 8.23. The first kappa shape index (κ1) is 19.9. The number of fused-ring (bicyclic) bond motifs is 1. The molecule has 5 rings (SSSR count). The van der Waals surface area contributed by atoms with Gasteiger partial charge >= 0.3 is 0 Å². The van der Waals surface area contributed by atoms with Crippen molar-refractivity contribution in [3.63, 3.8) is 0 Å². The van der Waals surface area contributed by atoms with Crippen LogP contribution in [0.15, 0.2) is 84.4 Å². The van der Waals surface area contributed by atoms with Gasteiger partial charge in [-0.3, -0.25) is 9.59 Å². The number of hydrogen-bond acceptors (Lipinski definition) is 5. The van der Waals surface area contributed by atoms with E-state index in [0.717, 1.165) is 11.1 Å². The van der Waals surface area contributed by atoms with Crippen LogP contribution in [0.1, 0.15) is 22.7 Å². The first-order valence-corrected chi connectivity index (χ1v) is 10.4. The van der Waals surface area contributed by atoms with Crippen LogP contribution < -0.4 is 9.47 Å². The number of aliphatic hydroxyl groups excluding tert-OH is 1. The lowest BCUT2D eigenvalue weighted by molar-refractivity contribution is -0.140. The number of rotatable bonds is 4. The van der Waals surface area contributed by atoms with E-state index in [1.165, 1.54) is 4.90 Å². The van der Waals surface area contributed by atoms with Crippen LogP contribution in [0, 0.1) is 0 Å². The lowest BCUT2D eigenvalue weighted by atomic mass is 9.95. The molecule has 1 fully saturated rings. The summed E-state index contributed by atoms with van der Waals surface area (Å²) in [6.07, 6.45) is 0. The molecule has 0 unspecified atom stereocenters. The summed E-state index contributed by atoms with van der Waals surface area (Å²) in [5.74, 6) is -0.499. The minimum absolute atomic E-state index is 0.0637. The standard InChI is InChI=1S/C26H21NO5/c28-24(19-11-12-20-21(15-19)32-14-13-31-20)22-23(18-9-5-2-6-10-18)27(26(30)25(22)29)16-17-7-3-1-4-8-17/h1-12,15,23,28H,13-14,16H2/b24-22+/t23-/m0/s1. The van der Waals surface area contributed by atoms with Gasteiger partial charge in [0.2, 0.25) is 0 Å². The molecule has 0 bridgehead atoms. The van der Waals surface area contributed by atoms with Gasteiger partial charge in [-0.05, 0) is 29.3 Å². The third-order valence-corrected chi connectivity index (χ3v) is 5.67. The van der Waals surface area contributed by atoms with Gasteiger partial charge in [0.25, 0.3) is 11.7 Å². The highest BCUT2D eigenvalue weighted by molar-refractivity contribution is 6.46. The molecular formula is C26H21NO5. The molecule has 0 spiro atoms. The summed E-state index contributed by atoms with van der Waals surface area (Å²) in [5.41, 5.74) is 2.11. The highest BCUT2D eigenvalue weighted by Gasteiger charge is 2.46. The average molecular weight is 427 g/mol. The molecule has 0 radical (unpaired) electrons. The Kier molecular flexibility index (Phi) is 5.11. The summed E-state index contributed by atoms with van der Waals surface area (Å²) < 4.78 is 11.2. The van der Waals surface area contributed by atoms with E-state index in [4.69, 9.17) is 9.47 Å². The van der Waals surface area contributed by atoms with Crippen molar-refractivity contribution in [2.45, 2.75) is 12.6 Å². The summed E-state index contributed by atoms with van der Waals surface area (Å²) in [6.45, 7) is 1.11. The van der Waals surface area contributed by atoms with Gasteiger partial charge in [0, 0.05) is 12.1 Å². The van der Waals surface area contributed by atoms with Crippen LogP contribution in [0.2, 0.25) is 0 Å². The second-order valence-electron chi connectivity index (χ2n) is 7.68. The van der Waals surface area contributed by atoms with Crippen molar-refractivity contribution < 1.29 is 24.2 Å². The molecule has 0 aliphatic carbocycles. The highest BCUT2D eigenvalue weighted by atomic mass is 16.6. The van der Waals surface area contributed by atoms with Crippen molar-refractivity contribution in [1.29, 1.82) is 0 Å². The van der Waals surface area contributed by atoms with Gasteiger partial charge in [-0.1, -0.05) is 60.7 Å². The van der Waals surface area contributed by atoms with Gasteiger partial charge in [-0.15, -0.1) is 0 Å². The maximum atomic E-state index is 13.1. The fourth-order valence-corrected chi connectivity index (χ4v) is 4.15. The Morgan fingerprint density at radius 1 is 0.875 bits per heavy atom. The molecule has 1 amide bonds. The number of ketones is 1. The van der Waals surface area contributed by atoms with Crippen LogP contribution >= 0.6 is 0 Å². The number of Topliss-reactive ketones (excluding diaryl/α,β-unsaturated/α-hetero) is 1. The molecule has 6 heteroatoms. The van der Waals surface area contributed by atoms with Gasteiger partial charge in [0.05, 0.1) is 11.6 Å². The fraction of sp³-hybridized carbons (Fsp3) is 0.154. The molecule has 3 aromatic rings. The number of carbonyl (C=O) groups excluding carboxylic acids is 2. The van der Waals surface area contributed by atoms with E-state index in [0.29, 0.717) is 30.3 Å². The number of amides is 1. The Morgan fingerprint density at radius 3 is 2.25 bits per heavy atom. The van der Waals surface area contributed by atoms with E-state index in [9.17, 15) is 14.7 Å². The molecule has 2 heterocycles. The third kappa shape index (κ3) is 3.50. The smallest absolute Gasteiger partial charge is 0.295 e. The summed E-state index contributed by atoms with van der Waals surface area (Å²) >= 11 is 0. The monoisotopic (exact) mass is 427 g/mol. The summed E-state index contributed by atoms with van der Waals surface area (Å²) in [5, 5.41) is 11.2. The molecule has 0 aromatic heterocycles. The summed E-state index contributed by atoms with van der Waals surface area (Å²) in [6, 6.07) is 23.0. The summed E-state index contributed by atoms with van der Waals surface area (Å²) in [7, 11) is 0. The Hall–Kier alpha value is -4.06. The Labute approximate surface area is 185 Å². The van der Waals surface area contributed by atoms with Crippen molar-refractivity contribution in [2.24, 2.45) is 0 Å². The summed E-state index contributed by atoms with van der Waals surface area (Å²) in [4.78, 5) is 27.7. The molecule has 1 saturated heterocycles. The van der Waals surface area contributed by atoms with Crippen molar-refractivity contribution >= 4 is 17.4 Å². The normalized spacial score (nSPS) is 19.2. The minimum atomic E-state index is -0.706. The Bertz CT molecular complexity index is 1200. The van der Waals surface area contributed by atoms with Crippen LogP contribution in [-0.2, 0) is 16.1 Å². The SMILES string of the molecule is O=C1C(=O)N(Cc2ccccc2)[C@@H](c2ccccc2)/C1=C(\O)c1ccc2c(c1)OCCO2. The molecular weight excluding hydrogens is 406 g/mol. The second-order valence-corrected chi connectivity index (χ2v) is 7.68. The highest BCUT2D eigenvalue weighted by Crippen LogP contribution is 2.41. The van der Waals surface area contributed by atoms with Crippen molar-refractivity contribution in [3.8, 4) is 11.5 Å². The van der Waals surface area contributed by atoms with Crippen molar-refractivity contribution in [1.82, 2.24) is 4.90 Å². The van der Waals surface area contributed by atoms with E-state index in [1.54, 1.807) is 18.2 Å². The van der Waals surface area contributed by atoms with Crippen LogP contribution in [-0.4, -0.2) is 34.9 Å². The predicted molar refractivity (Wildman–Crippen MR) is 118 cm³/mol. The quantitative estimate of drug-likeness (QED) is 0.386. The molecule has 160 valence electrons. The number of benzene rings is 3. The first-order chi connectivity index (χ1) is 15.6. The van der Waals surface area contributed by atoms with E-state index in [-0.39, 0.29) is 17.9 Å². The number of carbonyl (C=O) groups is 2. The third-order valence-electron chi connectivity index (χ3n) is 5.67. The van der Waals surface area contributed by atoms with Crippen LogP contribution in [0.3, 0.4) is 0 Å². The van der Waals surface area contributed by atoms with E-state index >= 15 is 0 Å². The number of ether oxygens (including phenoxy) is 2. The average Bonchev–Trinajstić information content (AvgIpc) is 3.09. The molecule has 32 heavy (non-hydrogen) atoms. The Balaban J connectivity index is 1.62. The maximum Gasteiger partial charge on any atom is 0.295 e. The van der Waals surface area contributed by atoms with Gasteiger partial charge in [-0.25, -0.2) is 0 Å². The molecule has 6 nitrogen and oxygen atoms in total. The van der Waals surface area contributed by atoms with Crippen LogP contribution in [0.5, 0.6) is 11.5 Å². The number of hydrogen-bond donors (Lipinski definition) is 1. The largest absolute Gasteiger partial charge is 0.507 e. The first-order valence-electron chi connectivity index (χ1n) is 10.4. The fourth-order valence-electron chi connectivity index (χ4n) is 4.15. The maximum absolute atomic E-state index is 13.1. The molecule has 3 aromatic carbocycles. The molecule has 1 atom stereocenters. The lowest BCUT2D eigenvalue weighted by Gasteiger charge is -2.25. The van der Waals surface area contributed by atoms with E-state index < -0.39 is 17.7 Å². The van der Waals surface area contributed by atoms with Gasteiger partial charge in [0.15, 0.2) is 11.5 Å². The molecule has 0 saturated carbocycles. The minimum Gasteiger partial charge on any atom is -0.507 e. The van der Waals surface area contributed by atoms with Crippen molar-refractivity contribution in [3.05, 3.63) is 101 Å². The topological polar surface area (TPSA) is 76.1 Å². The lowest BCUT2D eigenvalue weighted by Crippen LogP contribution is -2.29. The number of nitrogens with zero attached hydrogens (tertiary/aromatic N) is 1. The van der Waals surface area contributed by atoms with Crippen molar-refractivity contribution in [2.75, 3.05) is 13.2 Å². The van der Waals surface area contributed by atoms with E-state index in [2.05, 4.69) is 0 Å². The van der Waals surface area contributed by atoms with Crippen LogP contribution in [0.25, 0.3) is 5.76 Å². The predicted octanol–water partition coefficient (Wildman–Crippen LogP) is 4.08. The number of likely N-dealkylation sites (tertiary alicyclic amines) is 1. The van der Waals surface area contributed by atoms with E-state index in [1.807, 2.05) is 60.7 Å². The zero-order valence-electron chi connectivity index (χ0n) is 17.2. The number of aliphatic hydroxyl groups is 1. The molecule has 2 aliphatic rings. The van der Waals surface area contributed by atoms with Gasteiger partial charge in [-0.2, -0.15) is 0 Å². The zero-order valence-corrected chi connectivity index (χ0v) is 17.2. The van der Waals surface area contributed by atoms with Crippen LogP contribution in [0.4, 0.5) is 0 Å².